The second kappa shape index (κ2) is 5.18. The minimum absolute atomic E-state index is 0.268. The highest BCUT2D eigenvalue weighted by Gasteiger charge is 2.23. The van der Waals surface area contributed by atoms with Crippen LogP contribution < -0.4 is 4.74 Å². The molecule has 0 amide bonds. The van der Waals surface area contributed by atoms with Crippen molar-refractivity contribution >= 4 is 20.9 Å². The molecule has 0 spiro atoms. The van der Waals surface area contributed by atoms with E-state index in [9.17, 15) is 8.42 Å². The minimum Gasteiger partial charge on any atom is -0.495 e. The third-order valence-electron chi connectivity index (χ3n) is 3.70. The van der Waals surface area contributed by atoms with Crippen LogP contribution in [0.2, 0.25) is 0 Å². The lowest BCUT2D eigenvalue weighted by Gasteiger charge is -2.12. The first-order valence-corrected chi connectivity index (χ1v) is 8.36. The summed E-state index contributed by atoms with van der Waals surface area (Å²) in [5, 5.41) is 0.840. The number of para-hydroxylation sites is 1. The van der Waals surface area contributed by atoms with Crippen LogP contribution in [0.15, 0.2) is 53.4 Å². The van der Waals surface area contributed by atoms with Crippen LogP contribution in [0.1, 0.15) is 11.3 Å². The van der Waals surface area contributed by atoms with Crippen molar-refractivity contribution in [3.05, 3.63) is 59.8 Å². The van der Waals surface area contributed by atoms with E-state index in [1.54, 1.807) is 44.4 Å². The van der Waals surface area contributed by atoms with Gasteiger partial charge in [0.2, 0.25) is 0 Å². The molecule has 3 rings (SSSR count). The lowest BCUT2D eigenvalue weighted by molar-refractivity contribution is 0.418. The first kappa shape index (κ1) is 14.7. The quantitative estimate of drug-likeness (QED) is 0.743. The Bertz CT molecular complexity index is 938. The smallest absolute Gasteiger partial charge is 0.268 e. The molecule has 1 heterocycles. The number of aromatic nitrogens is 1. The zero-order chi connectivity index (χ0) is 15.9. The lowest BCUT2D eigenvalue weighted by atomic mass is 10.2. The maximum atomic E-state index is 13.0. The number of hydrogen-bond donors (Lipinski definition) is 0. The summed E-state index contributed by atoms with van der Waals surface area (Å²) < 4.78 is 32.7. The van der Waals surface area contributed by atoms with Crippen LogP contribution in [0.25, 0.3) is 10.9 Å². The average molecular weight is 315 g/mol. The van der Waals surface area contributed by atoms with E-state index in [1.165, 1.54) is 3.97 Å². The molecule has 22 heavy (non-hydrogen) atoms. The molecule has 0 saturated heterocycles. The van der Waals surface area contributed by atoms with Crippen LogP contribution in [-0.2, 0) is 10.0 Å². The molecule has 0 aliphatic carbocycles. The van der Waals surface area contributed by atoms with E-state index in [2.05, 4.69) is 0 Å². The number of hydrogen-bond acceptors (Lipinski definition) is 3. The van der Waals surface area contributed by atoms with E-state index < -0.39 is 10.0 Å². The number of methoxy groups -OCH3 is 1. The van der Waals surface area contributed by atoms with Crippen molar-refractivity contribution in [1.82, 2.24) is 3.97 Å². The Labute approximate surface area is 130 Å². The van der Waals surface area contributed by atoms with Gasteiger partial charge in [-0.3, -0.25) is 0 Å². The zero-order valence-corrected chi connectivity index (χ0v) is 13.5. The molecule has 5 heteroatoms. The van der Waals surface area contributed by atoms with Crippen LogP contribution in [0.4, 0.5) is 0 Å². The lowest BCUT2D eigenvalue weighted by Crippen LogP contribution is -2.14. The van der Waals surface area contributed by atoms with Crippen LogP contribution >= 0.6 is 0 Å². The molecule has 114 valence electrons. The monoisotopic (exact) mass is 315 g/mol. The Morgan fingerprint density at radius 3 is 2.32 bits per heavy atom. The van der Waals surface area contributed by atoms with E-state index in [-0.39, 0.29) is 4.90 Å². The maximum absolute atomic E-state index is 13.0. The Morgan fingerprint density at radius 2 is 1.68 bits per heavy atom. The van der Waals surface area contributed by atoms with Crippen LogP contribution in [0, 0.1) is 13.8 Å². The first-order valence-electron chi connectivity index (χ1n) is 6.92. The molecule has 0 aliphatic heterocycles. The molecule has 1 aromatic heterocycles. The van der Waals surface area contributed by atoms with Crippen molar-refractivity contribution in [1.29, 1.82) is 0 Å². The summed E-state index contributed by atoms with van der Waals surface area (Å²) in [7, 11) is -2.12. The van der Waals surface area contributed by atoms with Gasteiger partial charge in [-0.25, -0.2) is 12.4 Å². The van der Waals surface area contributed by atoms with Gasteiger partial charge in [-0.1, -0.05) is 29.8 Å². The first-order chi connectivity index (χ1) is 10.4. The summed E-state index contributed by atoms with van der Waals surface area (Å²) in [6.07, 6.45) is 0. The Kier molecular flexibility index (Phi) is 3.45. The number of benzene rings is 2. The fourth-order valence-corrected chi connectivity index (χ4v) is 4.18. The number of fused-ring (bicyclic) bond motifs is 1. The molecular formula is C17H17NO3S. The third-order valence-corrected chi connectivity index (χ3v) is 5.52. The fourth-order valence-electron chi connectivity index (χ4n) is 2.62. The van der Waals surface area contributed by atoms with Crippen molar-refractivity contribution in [3.63, 3.8) is 0 Å². The molecule has 3 aromatic rings. The normalized spacial score (nSPS) is 11.8. The highest BCUT2D eigenvalue weighted by molar-refractivity contribution is 7.90. The second-order valence-electron chi connectivity index (χ2n) is 5.27. The standard InChI is InChI=1S/C17H17NO3S/c1-12-7-9-15(10-8-12)22(19,20)18-13(2)11-14-5-4-6-16(21-3)17(14)18/h4-11H,1-3H3. The molecule has 0 atom stereocenters. The van der Waals surface area contributed by atoms with Gasteiger partial charge in [0.15, 0.2) is 0 Å². The van der Waals surface area contributed by atoms with Crippen molar-refractivity contribution in [2.75, 3.05) is 7.11 Å². The molecule has 0 saturated carbocycles. The van der Waals surface area contributed by atoms with Gasteiger partial charge in [-0.2, -0.15) is 0 Å². The predicted octanol–water partition coefficient (Wildman–Crippen LogP) is 3.50. The zero-order valence-electron chi connectivity index (χ0n) is 12.7. The Morgan fingerprint density at radius 1 is 1.00 bits per heavy atom. The molecule has 0 aliphatic rings. The molecule has 0 radical (unpaired) electrons. The number of rotatable bonds is 3. The van der Waals surface area contributed by atoms with Crippen molar-refractivity contribution in [2.45, 2.75) is 18.7 Å². The molecule has 2 aromatic carbocycles. The highest BCUT2D eigenvalue weighted by atomic mass is 32.2. The summed E-state index contributed by atoms with van der Waals surface area (Å²) in [6.45, 7) is 3.71. The van der Waals surface area contributed by atoms with E-state index in [1.807, 2.05) is 25.1 Å². The molecule has 0 fully saturated rings. The highest BCUT2D eigenvalue weighted by Crippen LogP contribution is 2.32. The summed E-state index contributed by atoms with van der Waals surface area (Å²) in [5.74, 6) is 0.543. The molecule has 0 unspecified atom stereocenters. The number of ether oxygens (including phenoxy) is 1. The van der Waals surface area contributed by atoms with Gasteiger partial charge < -0.3 is 4.74 Å². The van der Waals surface area contributed by atoms with Crippen LogP contribution in [-0.4, -0.2) is 19.5 Å². The minimum atomic E-state index is -3.67. The third kappa shape index (κ3) is 2.18. The number of aryl methyl sites for hydroxylation is 2. The van der Waals surface area contributed by atoms with Crippen molar-refractivity contribution in [3.8, 4) is 5.75 Å². The Hall–Kier alpha value is -2.27. The summed E-state index contributed by atoms with van der Waals surface area (Å²) in [4.78, 5) is 0.268. The summed E-state index contributed by atoms with van der Waals surface area (Å²) in [5.41, 5.74) is 2.24. The Balaban J connectivity index is 2.34. The molecule has 4 nitrogen and oxygen atoms in total. The number of nitrogens with zero attached hydrogens (tertiary/aromatic N) is 1. The molecular weight excluding hydrogens is 298 g/mol. The average Bonchev–Trinajstić information content (AvgIpc) is 2.84. The van der Waals surface area contributed by atoms with Crippen molar-refractivity contribution in [2.24, 2.45) is 0 Å². The molecule has 0 bridgehead atoms. The van der Waals surface area contributed by atoms with Gasteiger partial charge in [-0.15, -0.1) is 0 Å². The summed E-state index contributed by atoms with van der Waals surface area (Å²) in [6, 6.07) is 14.2. The van der Waals surface area contributed by atoms with Crippen LogP contribution in [0.5, 0.6) is 5.75 Å². The second-order valence-corrected chi connectivity index (χ2v) is 7.05. The van der Waals surface area contributed by atoms with Crippen molar-refractivity contribution < 1.29 is 13.2 Å². The van der Waals surface area contributed by atoms with Gasteiger partial charge in [0, 0.05) is 11.1 Å². The van der Waals surface area contributed by atoms with Gasteiger partial charge in [0.05, 0.1) is 12.0 Å². The SMILES string of the molecule is COc1cccc2cc(C)n(S(=O)(=O)c3ccc(C)cc3)c12. The van der Waals surface area contributed by atoms with E-state index in [0.29, 0.717) is 17.0 Å². The van der Waals surface area contributed by atoms with E-state index >= 15 is 0 Å². The topological polar surface area (TPSA) is 48.3 Å². The van der Waals surface area contributed by atoms with Crippen LogP contribution in [0.3, 0.4) is 0 Å². The van der Waals surface area contributed by atoms with Gasteiger partial charge >= 0.3 is 0 Å². The predicted molar refractivity (Wildman–Crippen MR) is 87.0 cm³/mol. The summed E-state index contributed by atoms with van der Waals surface area (Å²) >= 11 is 0. The van der Waals surface area contributed by atoms with Gasteiger partial charge in [-0.05, 0) is 38.1 Å². The fraction of sp³-hybridized carbons (Fsp3) is 0.176. The van der Waals surface area contributed by atoms with E-state index in [4.69, 9.17) is 4.74 Å². The van der Waals surface area contributed by atoms with E-state index in [0.717, 1.165) is 10.9 Å². The van der Waals surface area contributed by atoms with Gasteiger partial charge in [0.1, 0.15) is 11.3 Å². The largest absolute Gasteiger partial charge is 0.495 e. The molecule has 0 N–H and O–H groups in total. The maximum Gasteiger partial charge on any atom is 0.268 e. The van der Waals surface area contributed by atoms with Gasteiger partial charge in [0.25, 0.3) is 10.0 Å².